The first-order valence-corrected chi connectivity index (χ1v) is 32.4. The van der Waals surface area contributed by atoms with E-state index in [4.69, 9.17) is 17.2 Å². The van der Waals surface area contributed by atoms with Gasteiger partial charge in [0, 0.05) is 25.9 Å². The maximum atomic E-state index is 14.6. The van der Waals surface area contributed by atoms with Gasteiger partial charge in [-0.2, -0.15) is 0 Å². The van der Waals surface area contributed by atoms with E-state index in [9.17, 15) is 92.0 Å². The third kappa shape index (κ3) is 27.7. The van der Waals surface area contributed by atoms with E-state index in [-0.39, 0.29) is 70.0 Å². The van der Waals surface area contributed by atoms with E-state index in [0.717, 1.165) is 0 Å². The molecule has 0 unspecified atom stereocenters. The molecule has 95 heavy (non-hydrogen) atoms. The van der Waals surface area contributed by atoms with Crippen LogP contribution in [0.1, 0.15) is 166 Å². The quantitative estimate of drug-likeness (QED) is 0.0263. The Morgan fingerprint density at radius 3 is 1.33 bits per heavy atom. The first-order valence-electron chi connectivity index (χ1n) is 32.4. The molecule has 2 heterocycles. The number of amides is 13. The second kappa shape index (κ2) is 40.0. The summed E-state index contributed by atoms with van der Waals surface area (Å²) in [7, 11) is 0. The number of carbonyl (C=O) groups excluding carboxylic acids is 13. The number of rotatable bonds is 41. The first kappa shape index (κ1) is 82.5. The van der Waals surface area contributed by atoms with Crippen molar-refractivity contribution in [1.29, 1.82) is 0 Å². The summed E-state index contributed by atoms with van der Waals surface area (Å²) in [4.78, 5) is 215. The van der Waals surface area contributed by atoms with Crippen molar-refractivity contribution in [3.8, 4) is 0 Å². The Morgan fingerprint density at radius 1 is 0.432 bits per heavy atom. The topological polar surface area (TPSA) is 539 Å². The number of nitrogens with one attached hydrogen (secondary N) is 10. The van der Waals surface area contributed by atoms with Crippen molar-refractivity contribution in [1.82, 2.24) is 63.0 Å². The third-order valence-corrected chi connectivity index (χ3v) is 15.9. The van der Waals surface area contributed by atoms with Crippen molar-refractivity contribution < 1.29 is 92.0 Å². The zero-order valence-electron chi connectivity index (χ0n) is 56.3. The lowest BCUT2D eigenvalue weighted by Gasteiger charge is -2.33. The fourth-order valence-electron chi connectivity index (χ4n) is 10.6. The first-order chi connectivity index (χ1) is 44.3. The van der Waals surface area contributed by atoms with Gasteiger partial charge in [0.25, 0.3) is 0 Å². The number of primary amides is 1. The molecule has 2 fully saturated rings. The molecule has 2 saturated heterocycles. The molecule has 0 bridgehead atoms. The number of carboxylic acids is 3. The van der Waals surface area contributed by atoms with Crippen LogP contribution >= 0.6 is 0 Å². The van der Waals surface area contributed by atoms with Crippen LogP contribution in [0.25, 0.3) is 0 Å². The maximum absolute atomic E-state index is 14.6. The molecule has 2 aliphatic heterocycles. The largest absolute Gasteiger partial charge is 0.481 e. The highest BCUT2D eigenvalue weighted by atomic mass is 16.4. The number of likely N-dealkylation sites (tertiary alicyclic amines) is 2. The molecule has 0 aromatic heterocycles. The maximum Gasteiger partial charge on any atom is 0.326 e. The fraction of sp³-hybridized carbons (Fsp3) is 0.738. The molecular formula is C61H103N15O19. The Balaban J connectivity index is 2.32. The molecule has 2 aliphatic rings. The average Bonchev–Trinajstić information content (AvgIpc) is 1.74. The van der Waals surface area contributed by atoms with Gasteiger partial charge >= 0.3 is 17.9 Å². The third-order valence-electron chi connectivity index (χ3n) is 15.9. The summed E-state index contributed by atoms with van der Waals surface area (Å²) in [6.45, 7) is 18.0. The van der Waals surface area contributed by atoms with E-state index >= 15 is 0 Å². The predicted molar refractivity (Wildman–Crippen MR) is 340 cm³/mol. The highest BCUT2D eigenvalue weighted by Gasteiger charge is 2.44. The summed E-state index contributed by atoms with van der Waals surface area (Å²) in [5, 5.41) is 53.6. The summed E-state index contributed by atoms with van der Waals surface area (Å²) in [5.41, 5.74) is 16.7. The van der Waals surface area contributed by atoms with E-state index < -0.39 is 217 Å². The van der Waals surface area contributed by atoms with Crippen molar-refractivity contribution in [3.63, 3.8) is 0 Å². The summed E-state index contributed by atoms with van der Waals surface area (Å²) in [6.07, 6.45) is -1.23. The Bertz CT molecular complexity index is 2750. The smallest absolute Gasteiger partial charge is 0.326 e. The van der Waals surface area contributed by atoms with Crippen molar-refractivity contribution in [2.24, 2.45) is 40.9 Å². The Hall–Kier alpha value is -8.56. The molecule has 0 aromatic rings. The SMILES string of the molecule is CC(C)C[C@H](NC(=O)[C@H](C)N)C(=O)N[C@@H](C)C(=O)N[C@@H](C)C(=O)N[C@@H](CCC(=O)O)C(=O)N1CCC[C@H]1C(=O)N[C@H](C(=O)N1CCC[C@H]1C(=O)N[C@@H](CC(C)C)C(=O)N[C@H](C(=O)N[C@@H](CCCCN)C(=O)N[C@@H](CCC(N)=O)C(=O)N[C@@H](CC(=O)O)C(=O)O)C(C)C)C(C)C. The van der Waals surface area contributed by atoms with E-state index in [1.54, 1.807) is 41.5 Å². The van der Waals surface area contributed by atoms with Crippen LogP contribution in [0.5, 0.6) is 0 Å². The van der Waals surface area contributed by atoms with Crippen LogP contribution in [0.15, 0.2) is 0 Å². The molecule has 536 valence electrons. The normalized spacial score (nSPS) is 18.0. The lowest BCUT2D eigenvalue weighted by atomic mass is 9.98. The molecule has 0 radical (unpaired) electrons. The Kier molecular flexibility index (Phi) is 34.7. The Labute approximate surface area is 553 Å². The molecule has 34 heteroatoms. The number of nitrogens with two attached hydrogens (primary N) is 3. The molecule has 0 aliphatic carbocycles. The van der Waals surface area contributed by atoms with Gasteiger partial charge in [0.2, 0.25) is 76.8 Å². The number of hydrogen-bond donors (Lipinski definition) is 16. The lowest BCUT2D eigenvalue weighted by molar-refractivity contribution is -0.147. The van der Waals surface area contributed by atoms with Crippen molar-refractivity contribution in [2.75, 3.05) is 19.6 Å². The van der Waals surface area contributed by atoms with E-state index in [1.807, 2.05) is 19.2 Å². The van der Waals surface area contributed by atoms with Gasteiger partial charge in [0.1, 0.15) is 72.5 Å². The van der Waals surface area contributed by atoms with Gasteiger partial charge in [-0.15, -0.1) is 0 Å². The highest BCUT2D eigenvalue weighted by Crippen LogP contribution is 2.24. The van der Waals surface area contributed by atoms with Crippen LogP contribution in [-0.2, 0) is 76.7 Å². The number of unbranched alkanes of at least 4 members (excludes halogenated alkanes) is 1. The number of nitrogens with zero attached hydrogens (tertiary/aromatic N) is 2. The molecule has 2 rings (SSSR count). The van der Waals surface area contributed by atoms with Gasteiger partial charge in [-0.3, -0.25) is 71.9 Å². The highest BCUT2D eigenvalue weighted by molar-refractivity contribution is 6.00. The van der Waals surface area contributed by atoms with Gasteiger partial charge in [-0.1, -0.05) is 55.4 Å². The lowest BCUT2D eigenvalue weighted by Crippen LogP contribution is -2.61. The standard InChI is InChI=1S/C61H103N15O19/c1-29(2)26-39(70-49(82)33(9)63)54(87)66-34(10)50(83)65-35(11)51(84)69-38(20-22-45(78)79)59(92)75-24-14-18-43(75)57(90)74-48(32(7)8)60(93)76-25-15-17-42(76)56(89)71-40(27-30(3)4)55(88)73-47(31(5)6)58(91)68-36(16-12-13-23-62)52(85)67-37(19-21-44(64)77)53(86)72-41(61(94)95)28-46(80)81/h29-43,47-48H,12-28,62-63H2,1-11H3,(H2,64,77)(H,65,83)(H,66,87)(H,67,85)(H,68,91)(H,69,84)(H,70,82)(H,71,89)(H,72,86)(H,73,88)(H,74,90)(H,78,79)(H,80,81)(H,94,95)/t33-,34-,35-,36-,37-,38-,39-,40-,41-,42-,43-,47-,48-/m0/s1. The van der Waals surface area contributed by atoms with Gasteiger partial charge in [0.15, 0.2) is 0 Å². The van der Waals surface area contributed by atoms with Gasteiger partial charge in [-0.05, 0) is 122 Å². The van der Waals surface area contributed by atoms with Crippen LogP contribution < -0.4 is 70.4 Å². The van der Waals surface area contributed by atoms with E-state index in [1.165, 1.54) is 30.6 Å². The van der Waals surface area contributed by atoms with Gasteiger partial charge < -0.3 is 95.5 Å². The van der Waals surface area contributed by atoms with Crippen molar-refractivity contribution >= 4 is 94.7 Å². The summed E-state index contributed by atoms with van der Waals surface area (Å²) in [6, 6.07) is -17.3. The summed E-state index contributed by atoms with van der Waals surface area (Å²) < 4.78 is 0. The van der Waals surface area contributed by atoms with Crippen LogP contribution in [0.4, 0.5) is 0 Å². The van der Waals surface area contributed by atoms with Crippen molar-refractivity contribution in [2.45, 2.75) is 245 Å². The second-order valence-corrected chi connectivity index (χ2v) is 25.9. The van der Waals surface area contributed by atoms with Gasteiger partial charge in [-0.25, -0.2) is 4.79 Å². The molecule has 0 aromatic carbocycles. The zero-order chi connectivity index (χ0) is 72.3. The number of carbonyl (C=O) groups is 16. The van der Waals surface area contributed by atoms with Crippen LogP contribution in [-0.4, -0.2) is 218 Å². The molecule has 19 N–H and O–H groups in total. The minimum absolute atomic E-state index is 0.000908. The number of hydrogen-bond acceptors (Lipinski definition) is 18. The molecule has 0 spiro atoms. The molecule has 13 atom stereocenters. The van der Waals surface area contributed by atoms with Gasteiger partial charge in [0.05, 0.1) is 12.5 Å². The molecule has 0 saturated carbocycles. The van der Waals surface area contributed by atoms with Crippen molar-refractivity contribution in [3.05, 3.63) is 0 Å². The average molecular weight is 1350 g/mol. The van der Waals surface area contributed by atoms with Crippen LogP contribution in [0.2, 0.25) is 0 Å². The zero-order valence-corrected chi connectivity index (χ0v) is 56.3. The number of aliphatic carboxylic acids is 3. The second-order valence-electron chi connectivity index (χ2n) is 25.9. The monoisotopic (exact) mass is 1350 g/mol. The Morgan fingerprint density at radius 2 is 0.853 bits per heavy atom. The molecule has 13 amide bonds. The fourth-order valence-corrected chi connectivity index (χ4v) is 10.6. The number of carboxylic acid groups (broad SMARTS) is 3. The molecular weight excluding hydrogens is 1250 g/mol. The van der Waals surface area contributed by atoms with Crippen LogP contribution in [0, 0.1) is 23.7 Å². The molecule has 34 nitrogen and oxygen atoms in total. The summed E-state index contributed by atoms with van der Waals surface area (Å²) in [5.74, 6) is -16.7. The van der Waals surface area contributed by atoms with Crippen LogP contribution in [0.3, 0.4) is 0 Å². The summed E-state index contributed by atoms with van der Waals surface area (Å²) >= 11 is 0. The van der Waals surface area contributed by atoms with E-state index in [0.29, 0.717) is 19.3 Å². The minimum atomic E-state index is -1.92. The predicted octanol–water partition coefficient (Wildman–Crippen LogP) is -3.57. The minimum Gasteiger partial charge on any atom is -0.481 e. The van der Waals surface area contributed by atoms with E-state index in [2.05, 4.69) is 47.9 Å².